The highest BCUT2D eigenvalue weighted by Gasteiger charge is 2.39. The Kier molecular flexibility index (Phi) is 7.30. The van der Waals surface area contributed by atoms with Crippen LogP contribution in [0.25, 0.3) is 6.08 Å². The molecule has 1 aliphatic carbocycles. The summed E-state index contributed by atoms with van der Waals surface area (Å²) in [5, 5.41) is 9.61. The van der Waals surface area contributed by atoms with Crippen LogP contribution >= 0.6 is 0 Å². The van der Waals surface area contributed by atoms with E-state index in [1.54, 1.807) is 31.2 Å². The van der Waals surface area contributed by atoms with Crippen LogP contribution in [0.5, 0.6) is 11.5 Å². The number of ether oxygens (including phenoxy) is 2. The molecular formula is C25H28N2O4. The Bertz CT molecular complexity index is 978. The van der Waals surface area contributed by atoms with Crippen molar-refractivity contribution in [3.8, 4) is 17.6 Å². The molecular weight excluding hydrogens is 392 g/mol. The highest BCUT2D eigenvalue weighted by Crippen LogP contribution is 2.34. The summed E-state index contributed by atoms with van der Waals surface area (Å²) in [6, 6.07) is 7.26. The third-order valence-corrected chi connectivity index (χ3v) is 5.65. The maximum Gasteiger partial charge on any atom is 0.271 e. The lowest BCUT2D eigenvalue weighted by Crippen LogP contribution is -2.49. The molecule has 2 amide bonds. The van der Waals surface area contributed by atoms with E-state index >= 15 is 0 Å². The Morgan fingerprint density at radius 1 is 1.16 bits per heavy atom. The molecule has 1 fully saturated rings. The Balaban J connectivity index is 2.02. The van der Waals surface area contributed by atoms with E-state index in [-0.39, 0.29) is 17.5 Å². The second-order valence-corrected chi connectivity index (χ2v) is 7.68. The van der Waals surface area contributed by atoms with Crippen LogP contribution in [-0.4, -0.2) is 36.0 Å². The topological polar surface area (TPSA) is 79.6 Å². The number of rotatable bonds is 7. The van der Waals surface area contributed by atoms with Gasteiger partial charge in [0.05, 0.1) is 6.61 Å². The van der Waals surface area contributed by atoms with Crippen LogP contribution in [0.3, 0.4) is 0 Å². The van der Waals surface area contributed by atoms with Gasteiger partial charge in [0.25, 0.3) is 11.8 Å². The highest BCUT2D eigenvalue weighted by molar-refractivity contribution is 6.19. The predicted molar refractivity (Wildman–Crippen MR) is 118 cm³/mol. The Morgan fingerprint density at radius 3 is 2.55 bits per heavy atom. The molecule has 0 atom stereocenters. The molecule has 162 valence electrons. The van der Waals surface area contributed by atoms with Gasteiger partial charge >= 0.3 is 0 Å². The number of nitriles is 1. The fourth-order valence-electron chi connectivity index (χ4n) is 4.09. The van der Waals surface area contributed by atoms with Crippen molar-refractivity contribution >= 4 is 17.9 Å². The fraction of sp³-hybridized carbons (Fsp3) is 0.400. The molecule has 0 spiro atoms. The molecule has 0 saturated heterocycles. The third-order valence-electron chi connectivity index (χ3n) is 5.65. The summed E-state index contributed by atoms with van der Waals surface area (Å²) in [6.07, 6.45) is 8.01. The van der Waals surface area contributed by atoms with E-state index in [2.05, 4.69) is 6.58 Å². The first kappa shape index (κ1) is 22.4. The van der Waals surface area contributed by atoms with Gasteiger partial charge in [0.1, 0.15) is 18.2 Å². The second kappa shape index (κ2) is 10.1. The number of benzene rings is 1. The molecule has 1 aromatic carbocycles. The summed E-state index contributed by atoms with van der Waals surface area (Å²) in [5.74, 6) is 0.336. The first-order valence-electron chi connectivity index (χ1n) is 10.7. The van der Waals surface area contributed by atoms with E-state index in [9.17, 15) is 14.9 Å². The van der Waals surface area contributed by atoms with Crippen molar-refractivity contribution in [3.05, 3.63) is 53.1 Å². The van der Waals surface area contributed by atoms with E-state index in [1.807, 2.05) is 19.1 Å². The monoisotopic (exact) mass is 420 g/mol. The van der Waals surface area contributed by atoms with Gasteiger partial charge in [-0.25, -0.2) is 0 Å². The van der Waals surface area contributed by atoms with Gasteiger partial charge in [-0.1, -0.05) is 38.0 Å². The van der Waals surface area contributed by atoms with E-state index in [4.69, 9.17) is 9.47 Å². The fourth-order valence-corrected chi connectivity index (χ4v) is 4.09. The molecule has 1 aliphatic heterocycles. The predicted octanol–water partition coefficient (Wildman–Crippen LogP) is 4.58. The third kappa shape index (κ3) is 4.72. The van der Waals surface area contributed by atoms with E-state index in [1.165, 1.54) is 4.90 Å². The summed E-state index contributed by atoms with van der Waals surface area (Å²) < 4.78 is 11.3. The van der Waals surface area contributed by atoms with Crippen LogP contribution in [0, 0.1) is 11.3 Å². The molecule has 3 rings (SSSR count). The maximum atomic E-state index is 13.4. The molecule has 0 N–H and O–H groups in total. The Morgan fingerprint density at radius 2 is 1.90 bits per heavy atom. The maximum absolute atomic E-state index is 13.4. The lowest BCUT2D eigenvalue weighted by molar-refractivity contribution is -0.143. The number of carbonyl (C=O) groups excluding carboxylic acids is 2. The van der Waals surface area contributed by atoms with Crippen molar-refractivity contribution in [3.63, 3.8) is 0 Å². The average Bonchev–Trinajstić information content (AvgIpc) is 2.77. The van der Waals surface area contributed by atoms with Crippen LogP contribution < -0.4 is 9.47 Å². The molecule has 6 heteroatoms. The zero-order valence-corrected chi connectivity index (χ0v) is 18.1. The molecule has 6 nitrogen and oxygen atoms in total. The van der Waals surface area contributed by atoms with Crippen molar-refractivity contribution in [1.29, 1.82) is 5.26 Å². The molecule has 0 unspecified atom stereocenters. The SMILES string of the molecule is C=CCOc1ccc(/C=C2/C(=O)N(C3CCCCC3)C(=O)C(C#N)=C2C)cc1OCC. The normalized spacial score (nSPS) is 18.9. The lowest BCUT2D eigenvalue weighted by Gasteiger charge is -2.36. The minimum atomic E-state index is -0.475. The van der Waals surface area contributed by atoms with Crippen molar-refractivity contribution in [1.82, 2.24) is 4.90 Å². The average molecular weight is 421 g/mol. The molecule has 1 heterocycles. The summed E-state index contributed by atoms with van der Waals surface area (Å²) >= 11 is 0. The molecule has 31 heavy (non-hydrogen) atoms. The van der Waals surface area contributed by atoms with E-state index < -0.39 is 5.91 Å². The highest BCUT2D eigenvalue weighted by atomic mass is 16.5. The molecule has 0 aromatic heterocycles. The number of imide groups is 1. The number of amides is 2. The Hall–Kier alpha value is -3.33. The van der Waals surface area contributed by atoms with Crippen molar-refractivity contribution in [2.24, 2.45) is 0 Å². The van der Waals surface area contributed by atoms with E-state index in [0.717, 1.165) is 37.7 Å². The minimum absolute atomic E-state index is 0.0346. The summed E-state index contributed by atoms with van der Waals surface area (Å²) in [6.45, 7) is 8.01. The standard InChI is InChI=1S/C25H28N2O4/c1-4-13-31-22-12-11-18(15-23(22)30-5-2)14-20-17(3)21(16-26)25(29)27(24(20)28)19-9-7-6-8-10-19/h4,11-12,14-15,19H,1,5-10,13H2,2-3H3/b20-14+. The smallest absolute Gasteiger partial charge is 0.271 e. The van der Waals surface area contributed by atoms with Gasteiger partial charge in [0.15, 0.2) is 11.5 Å². The number of hydrogen-bond acceptors (Lipinski definition) is 5. The number of nitrogens with zero attached hydrogens (tertiary/aromatic N) is 2. The van der Waals surface area contributed by atoms with Crippen molar-refractivity contribution in [2.75, 3.05) is 13.2 Å². The summed E-state index contributed by atoms with van der Waals surface area (Å²) in [5.41, 5.74) is 1.54. The minimum Gasteiger partial charge on any atom is -0.490 e. The van der Waals surface area contributed by atoms with Crippen molar-refractivity contribution < 1.29 is 19.1 Å². The Labute approximate surface area is 183 Å². The number of hydrogen-bond donors (Lipinski definition) is 0. The quantitative estimate of drug-likeness (QED) is 0.367. The van der Waals surface area contributed by atoms with Gasteiger partial charge in [0.2, 0.25) is 0 Å². The first-order chi connectivity index (χ1) is 15.0. The molecule has 1 saturated carbocycles. The molecule has 2 aliphatic rings. The van der Waals surface area contributed by atoms with Gasteiger partial charge in [-0.05, 0) is 56.0 Å². The van der Waals surface area contributed by atoms with Gasteiger partial charge in [-0.2, -0.15) is 5.26 Å². The largest absolute Gasteiger partial charge is 0.490 e. The van der Waals surface area contributed by atoms with Crippen molar-refractivity contribution in [2.45, 2.75) is 52.0 Å². The second-order valence-electron chi connectivity index (χ2n) is 7.68. The zero-order valence-electron chi connectivity index (χ0n) is 18.1. The molecule has 1 aromatic rings. The molecule has 0 radical (unpaired) electrons. The van der Waals surface area contributed by atoms with Gasteiger partial charge < -0.3 is 9.47 Å². The van der Waals surface area contributed by atoms with Crippen LogP contribution in [0.1, 0.15) is 51.5 Å². The summed E-state index contributed by atoms with van der Waals surface area (Å²) in [4.78, 5) is 27.6. The van der Waals surface area contributed by atoms with Crippen LogP contribution in [0.2, 0.25) is 0 Å². The van der Waals surface area contributed by atoms with Crippen LogP contribution in [0.15, 0.2) is 47.6 Å². The number of carbonyl (C=O) groups is 2. The zero-order chi connectivity index (χ0) is 22.4. The van der Waals surface area contributed by atoms with Crippen LogP contribution in [-0.2, 0) is 9.59 Å². The van der Waals surface area contributed by atoms with Gasteiger partial charge in [0, 0.05) is 11.6 Å². The summed E-state index contributed by atoms with van der Waals surface area (Å²) in [7, 11) is 0. The van der Waals surface area contributed by atoms with Gasteiger partial charge in [-0.3, -0.25) is 14.5 Å². The van der Waals surface area contributed by atoms with Gasteiger partial charge in [-0.15, -0.1) is 0 Å². The molecule has 0 bridgehead atoms. The lowest BCUT2D eigenvalue weighted by atomic mass is 9.88. The van der Waals surface area contributed by atoms with E-state index in [0.29, 0.717) is 35.9 Å². The van der Waals surface area contributed by atoms with Crippen LogP contribution in [0.4, 0.5) is 0 Å². The first-order valence-corrected chi connectivity index (χ1v) is 10.7.